The normalized spacial score (nSPS) is 20.4. The van der Waals surface area contributed by atoms with Crippen molar-refractivity contribution in [3.8, 4) is 0 Å². The van der Waals surface area contributed by atoms with Crippen molar-refractivity contribution in [2.45, 2.75) is 0 Å². The maximum Gasteiger partial charge on any atom is 0.225 e. The summed E-state index contributed by atoms with van der Waals surface area (Å²) in [5, 5.41) is 3.13. The molecule has 1 rings (SSSR count). The molecule has 0 atom stereocenters. The Hall–Kier alpha value is -0.390. The van der Waals surface area contributed by atoms with Crippen LogP contribution >= 0.6 is 0 Å². The zero-order valence-electron chi connectivity index (χ0n) is 5.58. The van der Waals surface area contributed by atoms with Gasteiger partial charge in [0.25, 0.3) is 0 Å². The van der Waals surface area contributed by atoms with Gasteiger partial charge in [0.05, 0.1) is 0 Å². The maximum atomic E-state index is 10.1. The van der Waals surface area contributed by atoms with Crippen molar-refractivity contribution in [1.29, 1.82) is 0 Å². The summed E-state index contributed by atoms with van der Waals surface area (Å²) in [7, 11) is -2.04. The fourth-order valence-corrected chi connectivity index (χ4v) is 1.36. The van der Waals surface area contributed by atoms with Crippen molar-refractivity contribution >= 4 is 15.8 Å². The van der Waals surface area contributed by atoms with Crippen LogP contribution in [0.1, 0.15) is 0 Å². The van der Waals surface area contributed by atoms with Gasteiger partial charge in [-0.1, -0.05) is 0 Å². The lowest BCUT2D eigenvalue weighted by molar-refractivity contribution is 0.370. The van der Waals surface area contributed by atoms with Crippen LogP contribution in [0.5, 0.6) is 0 Å². The van der Waals surface area contributed by atoms with Crippen molar-refractivity contribution in [3.05, 3.63) is 0 Å². The minimum absolute atomic E-state index is 0.786. The monoisotopic (exact) mass is 162 g/mol. The molecule has 10 heavy (non-hydrogen) atoms. The lowest BCUT2D eigenvalue weighted by atomic mass is 10.4. The first-order valence-electron chi connectivity index (χ1n) is 3.17. The number of hydrogen-bond acceptors (Lipinski definition) is 3. The van der Waals surface area contributed by atoms with Crippen LogP contribution in [-0.4, -0.2) is 45.0 Å². The van der Waals surface area contributed by atoms with E-state index in [1.165, 1.54) is 5.49 Å². The van der Waals surface area contributed by atoms with E-state index in [0.717, 1.165) is 26.2 Å². The van der Waals surface area contributed by atoms with Crippen LogP contribution in [-0.2, 0) is 10.3 Å². The second kappa shape index (κ2) is 3.70. The lowest BCUT2D eigenvalue weighted by Crippen LogP contribution is -2.42. The van der Waals surface area contributed by atoms with Crippen molar-refractivity contribution in [1.82, 2.24) is 10.2 Å². The van der Waals surface area contributed by atoms with Crippen molar-refractivity contribution in [2.75, 3.05) is 26.2 Å². The van der Waals surface area contributed by atoms with Crippen LogP contribution in [0.25, 0.3) is 0 Å². The summed E-state index contributed by atoms with van der Waals surface area (Å²) in [5.41, 5.74) is 1.24. The van der Waals surface area contributed by atoms with Gasteiger partial charge in [0.2, 0.25) is 10.3 Å². The summed E-state index contributed by atoms with van der Waals surface area (Å²) in [6.07, 6.45) is 0. The molecular weight excluding hydrogens is 152 g/mol. The molecule has 1 fully saturated rings. The molecular formula is C5H10N2O2S. The molecule has 58 valence electrons. The fraction of sp³-hybridized carbons (Fsp3) is 0.800. The van der Waals surface area contributed by atoms with E-state index < -0.39 is 10.3 Å². The van der Waals surface area contributed by atoms with Gasteiger partial charge in [0, 0.05) is 26.2 Å². The Labute approximate surface area is 61.4 Å². The molecule has 0 bridgehead atoms. The maximum absolute atomic E-state index is 10.1. The molecule has 1 saturated heterocycles. The average Bonchev–Trinajstić information content (AvgIpc) is 1.88. The standard InChI is InChI=1S/C5H10N2O2S/c8-10(9)5-7-3-1-6-2-4-7/h5-6H,1-4H2. The summed E-state index contributed by atoms with van der Waals surface area (Å²) in [6.45, 7) is 3.31. The third-order valence-corrected chi connectivity index (χ3v) is 1.86. The Morgan fingerprint density at radius 1 is 1.30 bits per heavy atom. The zero-order valence-corrected chi connectivity index (χ0v) is 6.39. The Morgan fingerprint density at radius 3 is 2.40 bits per heavy atom. The predicted molar refractivity (Wildman–Crippen MR) is 39.4 cm³/mol. The summed E-state index contributed by atoms with van der Waals surface area (Å²) in [5.74, 6) is 0. The molecule has 1 N–H and O–H groups in total. The van der Waals surface area contributed by atoms with Crippen LogP contribution in [0, 0.1) is 0 Å². The van der Waals surface area contributed by atoms with Gasteiger partial charge in [0.15, 0.2) is 0 Å². The molecule has 0 amide bonds. The van der Waals surface area contributed by atoms with Gasteiger partial charge >= 0.3 is 0 Å². The molecule has 1 heterocycles. The molecule has 1 aliphatic heterocycles. The summed E-state index contributed by atoms with van der Waals surface area (Å²) in [4.78, 5) is 1.79. The minimum atomic E-state index is -2.04. The molecule has 0 radical (unpaired) electrons. The number of piperazine rings is 1. The molecule has 1 aliphatic rings. The quantitative estimate of drug-likeness (QED) is 0.478. The minimum Gasteiger partial charge on any atom is -0.314 e. The average molecular weight is 162 g/mol. The third-order valence-electron chi connectivity index (χ3n) is 1.39. The van der Waals surface area contributed by atoms with E-state index in [9.17, 15) is 8.42 Å². The van der Waals surface area contributed by atoms with Crippen molar-refractivity contribution in [3.63, 3.8) is 0 Å². The van der Waals surface area contributed by atoms with Crippen LogP contribution < -0.4 is 5.32 Å². The second-order valence-corrected chi connectivity index (χ2v) is 2.88. The van der Waals surface area contributed by atoms with Crippen molar-refractivity contribution in [2.24, 2.45) is 0 Å². The number of hydrogen-bond donors (Lipinski definition) is 1. The molecule has 0 unspecified atom stereocenters. The van der Waals surface area contributed by atoms with E-state index in [1.807, 2.05) is 0 Å². The van der Waals surface area contributed by atoms with E-state index >= 15 is 0 Å². The molecule has 0 aliphatic carbocycles. The van der Waals surface area contributed by atoms with E-state index in [0.29, 0.717) is 0 Å². The fourth-order valence-electron chi connectivity index (χ4n) is 0.909. The molecule has 0 saturated carbocycles. The van der Waals surface area contributed by atoms with Crippen LogP contribution in [0.15, 0.2) is 0 Å². The number of nitrogens with zero attached hydrogens (tertiary/aromatic N) is 1. The Bertz CT molecular complexity index is 208. The van der Waals surface area contributed by atoms with E-state index in [4.69, 9.17) is 0 Å². The lowest BCUT2D eigenvalue weighted by Gasteiger charge is -2.21. The Balaban J connectivity index is 2.48. The highest BCUT2D eigenvalue weighted by Gasteiger charge is 2.05. The highest BCUT2D eigenvalue weighted by molar-refractivity contribution is 7.71. The van der Waals surface area contributed by atoms with Gasteiger partial charge in [-0.2, -0.15) is 8.42 Å². The van der Waals surface area contributed by atoms with Gasteiger partial charge in [-0.25, -0.2) is 0 Å². The number of nitrogens with one attached hydrogen (secondary N) is 1. The number of rotatable bonds is 1. The van der Waals surface area contributed by atoms with Gasteiger partial charge in [-0.15, -0.1) is 0 Å². The first-order chi connectivity index (χ1) is 4.79. The van der Waals surface area contributed by atoms with Gasteiger partial charge in [-0.3, -0.25) is 4.90 Å². The smallest absolute Gasteiger partial charge is 0.225 e. The molecule has 0 aromatic rings. The summed E-state index contributed by atoms with van der Waals surface area (Å²) < 4.78 is 20.3. The van der Waals surface area contributed by atoms with Crippen molar-refractivity contribution < 1.29 is 8.42 Å². The van der Waals surface area contributed by atoms with Gasteiger partial charge < -0.3 is 5.32 Å². The molecule has 5 heteroatoms. The SMILES string of the molecule is O=S(=O)=CN1CCNCC1. The van der Waals surface area contributed by atoms with Crippen LogP contribution in [0.3, 0.4) is 0 Å². The van der Waals surface area contributed by atoms with Gasteiger partial charge in [-0.05, 0) is 0 Å². The molecule has 0 aromatic heterocycles. The summed E-state index contributed by atoms with van der Waals surface area (Å²) in [6, 6.07) is 0. The molecule has 0 spiro atoms. The first-order valence-corrected chi connectivity index (χ1v) is 4.30. The van der Waals surface area contributed by atoms with E-state index in [-0.39, 0.29) is 0 Å². The van der Waals surface area contributed by atoms with Crippen LogP contribution in [0.4, 0.5) is 0 Å². The van der Waals surface area contributed by atoms with E-state index in [1.54, 1.807) is 4.90 Å². The first kappa shape index (κ1) is 7.71. The third kappa shape index (κ3) is 2.47. The second-order valence-electron chi connectivity index (χ2n) is 2.15. The predicted octanol–water partition coefficient (Wildman–Crippen LogP) is -1.47. The van der Waals surface area contributed by atoms with Crippen LogP contribution in [0.2, 0.25) is 0 Å². The molecule has 4 nitrogen and oxygen atoms in total. The van der Waals surface area contributed by atoms with E-state index in [2.05, 4.69) is 5.32 Å². The van der Waals surface area contributed by atoms with Gasteiger partial charge in [0.1, 0.15) is 5.49 Å². The topological polar surface area (TPSA) is 49.4 Å². The molecule has 0 aromatic carbocycles. The Morgan fingerprint density at radius 2 is 1.90 bits per heavy atom. The Kier molecular flexibility index (Phi) is 2.85. The highest BCUT2D eigenvalue weighted by Crippen LogP contribution is 1.85. The zero-order chi connectivity index (χ0) is 7.40. The largest absolute Gasteiger partial charge is 0.314 e. The highest BCUT2D eigenvalue weighted by atomic mass is 32.2. The summed E-state index contributed by atoms with van der Waals surface area (Å²) >= 11 is 0.